The molecule has 2 rings (SSSR count). The number of nitrogens with zero attached hydrogens (tertiary/aromatic N) is 2. The van der Waals surface area contributed by atoms with Crippen molar-refractivity contribution in [2.75, 3.05) is 0 Å². The minimum Gasteiger partial charge on any atom is -0.345 e. The summed E-state index contributed by atoms with van der Waals surface area (Å²) in [7, 11) is 0. The average Bonchev–Trinajstić information content (AvgIpc) is 2.33. The Hall–Kier alpha value is -0.800. The number of aromatic nitrogens is 3. The molecule has 0 aromatic carbocycles. The lowest BCUT2D eigenvalue weighted by Gasteiger charge is -1.81. The van der Waals surface area contributed by atoms with E-state index in [1.165, 1.54) is 0 Å². The first-order valence-electron chi connectivity index (χ1n) is 2.71. The zero-order valence-electron chi connectivity index (χ0n) is 5.52. The van der Waals surface area contributed by atoms with Crippen LogP contribution in [0.5, 0.6) is 0 Å². The van der Waals surface area contributed by atoms with Crippen LogP contribution in [-0.2, 0) is 0 Å². The van der Waals surface area contributed by atoms with Gasteiger partial charge in [-0.3, -0.25) is 4.98 Å². The molecule has 0 aliphatic rings. The first-order valence-corrected chi connectivity index (χ1v) is 2.71. The van der Waals surface area contributed by atoms with Gasteiger partial charge in [-0.05, 0) is 6.07 Å². The number of halogens is 2. The van der Waals surface area contributed by atoms with Crippen molar-refractivity contribution in [2.45, 2.75) is 0 Å². The molecule has 0 aliphatic carbocycles. The Morgan fingerprint density at radius 3 is 2.55 bits per heavy atom. The SMILES string of the molecule is Cl.Cl.c1cnc2[nH]ccc2n1. The number of rotatable bonds is 0. The summed E-state index contributed by atoms with van der Waals surface area (Å²) >= 11 is 0. The van der Waals surface area contributed by atoms with Crippen LogP contribution in [0.2, 0.25) is 0 Å². The summed E-state index contributed by atoms with van der Waals surface area (Å²) in [6, 6.07) is 1.89. The molecule has 0 bridgehead atoms. The Morgan fingerprint density at radius 1 is 1.09 bits per heavy atom. The molecule has 60 valence electrons. The van der Waals surface area contributed by atoms with Gasteiger partial charge in [-0.15, -0.1) is 24.8 Å². The van der Waals surface area contributed by atoms with Crippen LogP contribution in [0.15, 0.2) is 24.7 Å². The predicted octanol–water partition coefficient (Wildman–Crippen LogP) is 1.80. The normalized spacial score (nSPS) is 8.36. The summed E-state index contributed by atoms with van der Waals surface area (Å²) in [5, 5.41) is 0. The molecule has 0 saturated heterocycles. The predicted molar refractivity (Wildman–Crippen MR) is 48.4 cm³/mol. The van der Waals surface area contributed by atoms with Crippen LogP contribution in [0.1, 0.15) is 0 Å². The van der Waals surface area contributed by atoms with Gasteiger partial charge < -0.3 is 4.98 Å². The fourth-order valence-corrected chi connectivity index (χ4v) is 0.781. The van der Waals surface area contributed by atoms with Gasteiger partial charge in [-0.25, -0.2) is 4.98 Å². The zero-order chi connectivity index (χ0) is 6.10. The van der Waals surface area contributed by atoms with E-state index in [2.05, 4.69) is 15.0 Å². The van der Waals surface area contributed by atoms with Crippen molar-refractivity contribution in [3.8, 4) is 0 Å². The maximum absolute atomic E-state index is 4.05. The number of H-pyrrole nitrogens is 1. The van der Waals surface area contributed by atoms with Crippen molar-refractivity contribution < 1.29 is 0 Å². The van der Waals surface area contributed by atoms with E-state index in [-0.39, 0.29) is 24.8 Å². The quantitative estimate of drug-likeness (QED) is 0.691. The molecule has 0 aliphatic heterocycles. The number of nitrogens with one attached hydrogen (secondary N) is 1. The summed E-state index contributed by atoms with van der Waals surface area (Å²) in [6.07, 6.45) is 5.17. The second-order valence-corrected chi connectivity index (χ2v) is 1.77. The van der Waals surface area contributed by atoms with Gasteiger partial charge in [0.25, 0.3) is 0 Å². The van der Waals surface area contributed by atoms with E-state index in [1.807, 2.05) is 12.3 Å². The van der Waals surface area contributed by atoms with Gasteiger partial charge in [-0.2, -0.15) is 0 Å². The molecule has 0 spiro atoms. The van der Waals surface area contributed by atoms with E-state index in [0.717, 1.165) is 11.2 Å². The molecule has 2 aromatic heterocycles. The van der Waals surface area contributed by atoms with Crippen molar-refractivity contribution >= 4 is 36.0 Å². The zero-order valence-corrected chi connectivity index (χ0v) is 7.15. The molecule has 11 heavy (non-hydrogen) atoms. The van der Waals surface area contributed by atoms with Crippen molar-refractivity contribution in [3.05, 3.63) is 24.7 Å². The summed E-state index contributed by atoms with van der Waals surface area (Å²) in [5.74, 6) is 0. The average molecular weight is 192 g/mol. The van der Waals surface area contributed by atoms with E-state index in [1.54, 1.807) is 12.4 Å². The number of fused-ring (bicyclic) bond motifs is 1. The summed E-state index contributed by atoms with van der Waals surface area (Å²) in [5.41, 5.74) is 1.76. The largest absolute Gasteiger partial charge is 0.345 e. The monoisotopic (exact) mass is 191 g/mol. The summed E-state index contributed by atoms with van der Waals surface area (Å²) in [6.45, 7) is 0. The van der Waals surface area contributed by atoms with Crippen LogP contribution in [0.3, 0.4) is 0 Å². The van der Waals surface area contributed by atoms with E-state index in [4.69, 9.17) is 0 Å². The second-order valence-electron chi connectivity index (χ2n) is 1.77. The van der Waals surface area contributed by atoms with Crippen molar-refractivity contribution in [1.82, 2.24) is 15.0 Å². The van der Waals surface area contributed by atoms with Crippen LogP contribution in [0, 0.1) is 0 Å². The molecule has 0 saturated carbocycles. The molecule has 3 nitrogen and oxygen atoms in total. The summed E-state index contributed by atoms with van der Waals surface area (Å²) < 4.78 is 0. The molecular formula is C6H7Cl2N3. The van der Waals surface area contributed by atoms with Gasteiger partial charge in [0, 0.05) is 18.6 Å². The molecular weight excluding hydrogens is 185 g/mol. The fraction of sp³-hybridized carbons (Fsp3) is 0. The molecule has 2 aromatic rings. The molecule has 0 unspecified atom stereocenters. The standard InChI is InChI=1S/C6H5N3.2ClH/c1-2-8-6-5(1)7-3-4-9-6;;/h1-4H,(H,8,9);2*1H. The minimum absolute atomic E-state index is 0. The Labute approximate surface area is 76.1 Å². The van der Waals surface area contributed by atoms with Gasteiger partial charge in [0.2, 0.25) is 0 Å². The van der Waals surface area contributed by atoms with Crippen LogP contribution in [-0.4, -0.2) is 15.0 Å². The Bertz CT molecular complexity index is 290. The fourth-order valence-electron chi connectivity index (χ4n) is 0.781. The third kappa shape index (κ3) is 1.82. The number of hydrogen-bond acceptors (Lipinski definition) is 2. The minimum atomic E-state index is 0. The van der Waals surface area contributed by atoms with Gasteiger partial charge >= 0.3 is 0 Å². The highest BCUT2D eigenvalue weighted by atomic mass is 35.5. The Kier molecular flexibility index (Phi) is 3.85. The van der Waals surface area contributed by atoms with Crippen LogP contribution >= 0.6 is 24.8 Å². The van der Waals surface area contributed by atoms with Crippen molar-refractivity contribution in [2.24, 2.45) is 0 Å². The van der Waals surface area contributed by atoms with Gasteiger partial charge in [0.1, 0.15) is 5.52 Å². The third-order valence-electron chi connectivity index (χ3n) is 1.19. The molecule has 5 heteroatoms. The highest BCUT2D eigenvalue weighted by Gasteiger charge is 1.90. The second kappa shape index (κ2) is 4.16. The van der Waals surface area contributed by atoms with Gasteiger partial charge in [0.05, 0.1) is 0 Å². The van der Waals surface area contributed by atoms with Gasteiger partial charge in [0.15, 0.2) is 5.65 Å². The van der Waals surface area contributed by atoms with Crippen molar-refractivity contribution in [1.29, 1.82) is 0 Å². The number of aromatic amines is 1. The smallest absolute Gasteiger partial charge is 0.155 e. The molecule has 2 heterocycles. The third-order valence-corrected chi connectivity index (χ3v) is 1.19. The lowest BCUT2D eigenvalue weighted by atomic mass is 10.5. The first kappa shape index (κ1) is 10.2. The molecule has 0 atom stereocenters. The lowest BCUT2D eigenvalue weighted by Crippen LogP contribution is -1.75. The van der Waals surface area contributed by atoms with E-state index >= 15 is 0 Å². The first-order chi connectivity index (χ1) is 4.47. The van der Waals surface area contributed by atoms with Crippen LogP contribution < -0.4 is 0 Å². The van der Waals surface area contributed by atoms with E-state index < -0.39 is 0 Å². The Balaban J connectivity index is 0.000000500. The van der Waals surface area contributed by atoms with Crippen LogP contribution in [0.4, 0.5) is 0 Å². The number of hydrogen-bond donors (Lipinski definition) is 1. The highest BCUT2D eigenvalue weighted by Crippen LogP contribution is 2.01. The van der Waals surface area contributed by atoms with Crippen LogP contribution in [0.25, 0.3) is 11.2 Å². The molecule has 1 N–H and O–H groups in total. The summed E-state index contributed by atoms with van der Waals surface area (Å²) in [4.78, 5) is 11.0. The highest BCUT2D eigenvalue weighted by molar-refractivity contribution is 5.85. The van der Waals surface area contributed by atoms with Crippen molar-refractivity contribution in [3.63, 3.8) is 0 Å². The van der Waals surface area contributed by atoms with Gasteiger partial charge in [-0.1, -0.05) is 0 Å². The topological polar surface area (TPSA) is 41.6 Å². The maximum atomic E-state index is 4.05. The Morgan fingerprint density at radius 2 is 1.82 bits per heavy atom. The van der Waals surface area contributed by atoms with E-state index in [0.29, 0.717) is 0 Å². The molecule has 0 amide bonds. The maximum Gasteiger partial charge on any atom is 0.155 e. The lowest BCUT2D eigenvalue weighted by molar-refractivity contribution is 1.26. The van der Waals surface area contributed by atoms with E-state index in [9.17, 15) is 0 Å². The molecule has 0 fully saturated rings. The molecule has 0 radical (unpaired) electrons.